The molecule has 282 valence electrons. The van der Waals surface area contributed by atoms with Crippen molar-refractivity contribution < 1.29 is 32.0 Å². The summed E-state index contributed by atoms with van der Waals surface area (Å²) in [6.07, 6.45) is 3.79. The Morgan fingerprint density at radius 2 is 1.83 bits per heavy atom. The van der Waals surface area contributed by atoms with E-state index < -0.39 is 51.9 Å². The molecule has 0 saturated carbocycles. The first-order chi connectivity index (χ1) is 24.9. The van der Waals surface area contributed by atoms with Crippen LogP contribution in [0.2, 0.25) is 5.02 Å². The highest BCUT2D eigenvalue weighted by Crippen LogP contribution is 2.27. The summed E-state index contributed by atoms with van der Waals surface area (Å²) in [5.41, 5.74) is 12.7. The summed E-state index contributed by atoms with van der Waals surface area (Å²) < 4.78 is 39.4. The normalized spacial score (nSPS) is 19.3. The van der Waals surface area contributed by atoms with Gasteiger partial charge in [0.05, 0.1) is 25.0 Å². The van der Waals surface area contributed by atoms with E-state index in [0.717, 1.165) is 37.8 Å². The molecule has 2 aromatic carbocycles. The molecule has 17 heteroatoms. The molecule has 3 aromatic rings. The van der Waals surface area contributed by atoms with Crippen LogP contribution in [0, 0.1) is 5.92 Å². The Morgan fingerprint density at radius 1 is 1.10 bits per heavy atom. The van der Waals surface area contributed by atoms with Gasteiger partial charge in [0.25, 0.3) is 5.89 Å². The average molecular weight is 759 g/mol. The number of nitrogens with two attached hydrogens (primary N) is 2. The van der Waals surface area contributed by atoms with E-state index in [2.05, 4.69) is 25.3 Å². The third-order valence-electron chi connectivity index (χ3n) is 9.31. The van der Waals surface area contributed by atoms with Gasteiger partial charge in [0, 0.05) is 24.5 Å². The van der Waals surface area contributed by atoms with Crippen LogP contribution in [0.25, 0.3) is 11.1 Å². The van der Waals surface area contributed by atoms with Crippen molar-refractivity contribution >= 4 is 56.3 Å². The van der Waals surface area contributed by atoms with Gasteiger partial charge in [0.2, 0.25) is 27.6 Å². The summed E-state index contributed by atoms with van der Waals surface area (Å²) in [6.45, 7) is 2.16. The predicted octanol–water partition coefficient (Wildman–Crippen LogP) is 2.09. The van der Waals surface area contributed by atoms with Gasteiger partial charge in [-0.25, -0.2) is 18.1 Å². The second-order valence-electron chi connectivity index (χ2n) is 13.4. The average Bonchev–Trinajstić information content (AvgIpc) is 3.75. The molecule has 2 saturated heterocycles. The first-order valence-corrected chi connectivity index (χ1v) is 19.7. The minimum Gasteiger partial charge on any atom is -0.434 e. The lowest BCUT2D eigenvalue weighted by atomic mass is 9.91. The zero-order valence-corrected chi connectivity index (χ0v) is 30.7. The van der Waals surface area contributed by atoms with Crippen molar-refractivity contribution in [3.63, 3.8) is 0 Å². The molecule has 2 fully saturated rings. The van der Waals surface area contributed by atoms with Crippen LogP contribution in [-0.4, -0.2) is 98.5 Å². The molecule has 1 aromatic heterocycles. The highest BCUT2D eigenvalue weighted by Gasteiger charge is 2.44. The van der Waals surface area contributed by atoms with E-state index in [0.29, 0.717) is 34.9 Å². The molecular formula is C35H47ClN8O7S. The number of halogens is 1. The van der Waals surface area contributed by atoms with E-state index in [9.17, 15) is 22.8 Å². The number of para-hydroxylation sites is 2. The van der Waals surface area contributed by atoms with Gasteiger partial charge in [-0.15, -0.1) is 0 Å². The first-order valence-electron chi connectivity index (χ1n) is 17.5. The van der Waals surface area contributed by atoms with E-state index in [4.69, 9.17) is 32.2 Å². The van der Waals surface area contributed by atoms with Crippen LogP contribution in [-0.2, 0) is 31.0 Å². The molecule has 7 N–H and O–H groups in total. The second kappa shape index (κ2) is 18.1. The van der Waals surface area contributed by atoms with Crippen LogP contribution in [0.15, 0.2) is 57.9 Å². The lowest BCUT2D eigenvalue weighted by Crippen LogP contribution is -2.55. The maximum Gasteiger partial charge on any atom is 0.266 e. The molecule has 2 aliphatic heterocycles. The third-order valence-corrected chi connectivity index (χ3v) is 10.3. The van der Waals surface area contributed by atoms with Gasteiger partial charge in [-0.2, -0.15) is 0 Å². The van der Waals surface area contributed by atoms with Crippen LogP contribution in [0.5, 0.6) is 0 Å². The number of ether oxygens (including phenoxy) is 1. The van der Waals surface area contributed by atoms with Crippen molar-refractivity contribution in [2.24, 2.45) is 22.4 Å². The topological polar surface area (TPSA) is 224 Å². The van der Waals surface area contributed by atoms with E-state index in [-0.39, 0.29) is 50.8 Å². The Kier molecular flexibility index (Phi) is 13.6. The molecule has 0 spiro atoms. The van der Waals surface area contributed by atoms with E-state index in [1.54, 1.807) is 36.4 Å². The zero-order chi connectivity index (χ0) is 37.3. The van der Waals surface area contributed by atoms with Gasteiger partial charge in [-0.1, -0.05) is 35.9 Å². The number of amides is 2. The van der Waals surface area contributed by atoms with Crippen LogP contribution in [0.4, 0.5) is 0 Å². The summed E-state index contributed by atoms with van der Waals surface area (Å²) in [7, 11) is -3.79. The number of aliphatic imine (C=N–C) groups is 1. The number of oxazole rings is 1. The number of carbonyl (C=O) groups is 3. The Balaban J connectivity index is 1.38. The fraction of sp³-hybridized carbons (Fsp3) is 0.514. The van der Waals surface area contributed by atoms with Gasteiger partial charge in [-0.3, -0.25) is 19.4 Å². The zero-order valence-electron chi connectivity index (χ0n) is 29.1. The van der Waals surface area contributed by atoms with Crippen molar-refractivity contribution in [1.82, 2.24) is 25.2 Å². The molecule has 2 aliphatic rings. The number of ketones is 1. The summed E-state index contributed by atoms with van der Waals surface area (Å²) in [5.74, 6) is -1.63. The monoisotopic (exact) mass is 758 g/mol. The van der Waals surface area contributed by atoms with E-state index in [1.165, 1.54) is 4.90 Å². The molecule has 52 heavy (non-hydrogen) atoms. The Morgan fingerprint density at radius 3 is 2.52 bits per heavy atom. The summed E-state index contributed by atoms with van der Waals surface area (Å²) in [4.78, 5) is 52.0. The van der Waals surface area contributed by atoms with Crippen molar-refractivity contribution in [1.29, 1.82) is 0 Å². The number of piperidine rings is 1. The smallest absolute Gasteiger partial charge is 0.266 e. The number of aromatic nitrogens is 1. The summed E-state index contributed by atoms with van der Waals surface area (Å²) >= 11 is 6.04. The number of nitrogens with one attached hydrogen (secondary N) is 3. The SMILES string of the molecule is CS(=O)(=O)N[C@H](CCC1CCNCC1)C(=O)N1C[C@H](OCc2ccc(Cl)cc2)C[C@H]1C(=O)N[C@@H](CCCN=C(N)N)C(=O)c1nc2ccccc2o1. The minimum absolute atomic E-state index is 0.0357. The fourth-order valence-corrected chi connectivity index (χ4v) is 7.50. The number of hydrogen-bond acceptors (Lipinski definition) is 10. The second-order valence-corrected chi connectivity index (χ2v) is 15.6. The van der Waals surface area contributed by atoms with E-state index >= 15 is 0 Å². The van der Waals surface area contributed by atoms with Crippen molar-refractivity contribution in [2.75, 3.05) is 32.4 Å². The number of rotatable bonds is 17. The van der Waals surface area contributed by atoms with Gasteiger partial charge in [0.15, 0.2) is 11.5 Å². The number of Topliss-reactive ketones (excluding diaryl/α,β-unsaturated/α-hetero) is 1. The first kappa shape index (κ1) is 39.1. The summed E-state index contributed by atoms with van der Waals surface area (Å²) in [5, 5.41) is 6.73. The predicted molar refractivity (Wildman–Crippen MR) is 197 cm³/mol. The molecule has 3 heterocycles. The highest BCUT2D eigenvalue weighted by atomic mass is 35.5. The maximum absolute atomic E-state index is 14.3. The lowest BCUT2D eigenvalue weighted by molar-refractivity contribution is -0.140. The molecule has 2 amide bonds. The number of likely N-dealkylation sites (tertiary alicyclic amines) is 1. The van der Waals surface area contributed by atoms with Crippen LogP contribution in [0.1, 0.15) is 61.2 Å². The van der Waals surface area contributed by atoms with Gasteiger partial charge in [0.1, 0.15) is 17.6 Å². The number of nitrogens with zero attached hydrogens (tertiary/aromatic N) is 3. The summed E-state index contributed by atoms with van der Waals surface area (Å²) in [6, 6.07) is 10.8. The molecule has 0 aliphatic carbocycles. The number of carbonyl (C=O) groups excluding carboxylic acids is 3. The van der Waals surface area contributed by atoms with Crippen molar-refractivity contribution in [2.45, 2.75) is 75.8 Å². The standard InChI is InChI=1S/C35H47ClN8O7S/c1-52(48,49)43-28(13-10-22-14-17-39-18-15-22)34(47)44-20-25(50-21-23-8-11-24(36)12-9-23)19-29(44)32(46)41-27(6-4-16-40-35(37)38)31(45)33-42-26-5-2-3-7-30(26)51-33/h2-3,5,7-9,11-12,22,25,27-29,39,43H,4,6,10,13-21H2,1H3,(H,41,46)(H4,37,38,40)/t25-,27+,28-,29+/m1/s1. The van der Waals surface area contributed by atoms with Crippen molar-refractivity contribution in [3.8, 4) is 0 Å². The van der Waals surface area contributed by atoms with Crippen LogP contribution >= 0.6 is 11.6 Å². The Bertz CT molecular complexity index is 1790. The van der Waals surface area contributed by atoms with Gasteiger partial charge in [-0.05, 0) is 87.4 Å². The quantitative estimate of drug-likeness (QED) is 0.0580. The number of hydrogen-bond donors (Lipinski definition) is 5. The van der Waals surface area contributed by atoms with Crippen LogP contribution in [0.3, 0.4) is 0 Å². The van der Waals surface area contributed by atoms with E-state index in [1.807, 2.05) is 12.1 Å². The lowest BCUT2D eigenvalue weighted by Gasteiger charge is -2.30. The number of fused-ring (bicyclic) bond motifs is 1. The number of benzene rings is 2. The fourth-order valence-electron chi connectivity index (χ4n) is 6.64. The molecule has 4 atom stereocenters. The third kappa shape index (κ3) is 11.2. The maximum atomic E-state index is 14.3. The van der Waals surface area contributed by atoms with Crippen molar-refractivity contribution in [3.05, 3.63) is 65.0 Å². The molecule has 0 bridgehead atoms. The molecule has 0 radical (unpaired) electrons. The highest BCUT2D eigenvalue weighted by molar-refractivity contribution is 7.88. The Hall–Kier alpha value is -4.09. The number of guanidine groups is 1. The minimum atomic E-state index is -3.79. The molecule has 5 rings (SSSR count). The van der Waals surface area contributed by atoms with Crippen LogP contribution < -0.4 is 26.8 Å². The molecule has 15 nitrogen and oxygen atoms in total. The molecule has 0 unspecified atom stereocenters. The van der Waals surface area contributed by atoms with Gasteiger partial charge < -0.3 is 36.2 Å². The Labute approximate surface area is 308 Å². The number of sulfonamides is 1. The largest absolute Gasteiger partial charge is 0.434 e. The molecular weight excluding hydrogens is 712 g/mol. The van der Waals surface area contributed by atoms with Gasteiger partial charge >= 0.3 is 0 Å².